The molecule has 0 aromatic heterocycles. The van der Waals surface area contributed by atoms with Crippen LogP contribution in [0.25, 0.3) is 0 Å². The maximum Gasteiger partial charge on any atom is 0.547 e. The fourth-order valence-electron chi connectivity index (χ4n) is 2.54. The summed E-state index contributed by atoms with van der Waals surface area (Å²) in [4.78, 5) is 35.0. The molecule has 1 atom stereocenters. The van der Waals surface area contributed by atoms with Gasteiger partial charge in [0, 0.05) is 12.8 Å². The summed E-state index contributed by atoms with van der Waals surface area (Å²) in [6.07, 6.45) is -3.26. The number of carbonyl (C=O) groups is 3. The molecule has 0 radical (unpaired) electrons. The third-order valence-electron chi connectivity index (χ3n) is 3.98. The molecule has 1 heterocycles. The van der Waals surface area contributed by atoms with E-state index in [4.69, 9.17) is 9.39 Å². The smallest absolute Gasteiger partial charge is 0.534 e. The highest BCUT2D eigenvalue weighted by Crippen LogP contribution is 2.30. The van der Waals surface area contributed by atoms with Crippen molar-refractivity contribution in [1.82, 2.24) is 5.32 Å². The van der Waals surface area contributed by atoms with Crippen molar-refractivity contribution in [3.8, 4) is 5.75 Å². The number of para-hydroxylation sites is 1. The van der Waals surface area contributed by atoms with Gasteiger partial charge in [-0.05, 0) is 18.1 Å². The molecule has 28 heavy (non-hydrogen) atoms. The summed E-state index contributed by atoms with van der Waals surface area (Å²) in [5, 5.41) is 12.7. The van der Waals surface area contributed by atoms with Crippen LogP contribution in [0.15, 0.2) is 18.2 Å². The number of alkyl halides is 2. The van der Waals surface area contributed by atoms with E-state index in [9.17, 15) is 28.2 Å². The van der Waals surface area contributed by atoms with Crippen molar-refractivity contribution in [2.75, 3.05) is 6.79 Å². The second-order valence-corrected chi connectivity index (χ2v) is 6.03. The van der Waals surface area contributed by atoms with Crippen molar-refractivity contribution < 1.29 is 42.3 Å². The zero-order chi connectivity index (χ0) is 20.7. The molecular weight excluding hydrogens is 379 g/mol. The van der Waals surface area contributed by atoms with Gasteiger partial charge in [0.2, 0.25) is 19.1 Å². The molecule has 0 bridgehead atoms. The minimum absolute atomic E-state index is 0.000414. The molecule has 1 aliphatic rings. The Kier molecular flexibility index (Phi) is 7.74. The molecule has 11 heteroatoms. The molecule has 2 rings (SSSR count). The van der Waals surface area contributed by atoms with Crippen molar-refractivity contribution in [1.29, 1.82) is 0 Å². The lowest BCUT2D eigenvalue weighted by atomic mass is 9.72. The zero-order valence-electron chi connectivity index (χ0n) is 15.2. The van der Waals surface area contributed by atoms with E-state index < -0.39 is 51.1 Å². The first kappa shape index (κ1) is 21.6. The van der Waals surface area contributed by atoms with E-state index >= 15 is 0 Å². The zero-order valence-corrected chi connectivity index (χ0v) is 15.2. The number of amides is 1. The largest absolute Gasteiger partial charge is 0.547 e. The number of halogens is 2. The highest BCUT2D eigenvalue weighted by atomic mass is 19.3. The van der Waals surface area contributed by atoms with Gasteiger partial charge in [-0.15, -0.1) is 0 Å². The first-order valence-corrected chi connectivity index (χ1v) is 8.68. The van der Waals surface area contributed by atoms with Gasteiger partial charge in [-0.2, -0.15) is 0 Å². The molecule has 2 N–H and O–H groups in total. The average Bonchev–Trinajstić information content (AvgIpc) is 2.66. The van der Waals surface area contributed by atoms with E-state index in [1.807, 2.05) is 0 Å². The van der Waals surface area contributed by atoms with Gasteiger partial charge in [0.1, 0.15) is 11.3 Å². The SMILES string of the molecule is CCC(=O)NC1Cc2cccc(C(=O)OCOC(=O)CCC(F)F)c2OB1O. The van der Waals surface area contributed by atoms with Crippen LogP contribution in [0.3, 0.4) is 0 Å². The fraction of sp³-hybridized carbons (Fsp3) is 0.471. The number of rotatable bonds is 8. The van der Waals surface area contributed by atoms with E-state index in [1.54, 1.807) is 19.1 Å². The Balaban J connectivity index is 1.97. The second-order valence-electron chi connectivity index (χ2n) is 6.03. The predicted octanol–water partition coefficient (Wildman–Crippen LogP) is 1.24. The van der Waals surface area contributed by atoms with Gasteiger partial charge < -0.3 is 24.5 Å². The van der Waals surface area contributed by atoms with Crippen LogP contribution in [0.5, 0.6) is 5.75 Å². The Morgan fingerprint density at radius 3 is 2.79 bits per heavy atom. The van der Waals surface area contributed by atoms with E-state index in [1.165, 1.54) is 6.07 Å². The Bertz CT molecular complexity index is 731. The minimum Gasteiger partial charge on any atom is -0.534 e. The average molecular weight is 399 g/mol. The fourth-order valence-corrected chi connectivity index (χ4v) is 2.54. The molecule has 1 aliphatic heterocycles. The summed E-state index contributed by atoms with van der Waals surface area (Å²) in [5.74, 6) is -2.60. The van der Waals surface area contributed by atoms with Gasteiger partial charge in [0.15, 0.2) is 0 Å². The lowest BCUT2D eigenvalue weighted by molar-refractivity contribution is -0.153. The van der Waals surface area contributed by atoms with Crippen LogP contribution in [0.1, 0.15) is 42.1 Å². The van der Waals surface area contributed by atoms with Crippen LogP contribution >= 0.6 is 0 Å². The number of hydrogen-bond acceptors (Lipinski definition) is 7. The summed E-state index contributed by atoms with van der Waals surface area (Å²) in [6.45, 7) is 0.941. The third-order valence-corrected chi connectivity index (χ3v) is 3.98. The summed E-state index contributed by atoms with van der Waals surface area (Å²) in [6, 6.07) is 4.65. The molecular formula is C17H20BF2NO7. The topological polar surface area (TPSA) is 111 Å². The Morgan fingerprint density at radius 2 is 2.11 bits per heavy atom. The molecule has 8 nitrogen and oxygen atoms in total. The van der Waals surface area contributed by atoms with Crippen molar-refractivity contribution in [3.05, 3.63) is 29.3 Å². The number of ether oxygens (including phenoxy) is 2. The minimum atomic E-state index is -2.62. The van der Waals surface area contributed by atoms with Gasteiger partial charge in [0.25, 0.3) is 0 Å². The molecule has 1 aromatic rings. The van der Waals surface area contributed by atoms with Crippen LogP contribution in [0.2, 0.25) is 0 Å². The van der Waals surface area contributed by atoms with Crippen LogP contribution in [0, 0.1) is 0 Å². The molecule has 1 aromatic carbocycles. The molecule has 152 valence electrons. The Labute approximate surface area is 160 Å². The van der Waals surface area contributed by atoms with Gasteiger partial charge in [-0.3, -0.25) is 9.59 Å². The number of nitrogens with one attached hydrogen (secondary N) is 1. The predicted molar refractivity (Wildman–Crippen MR) is 92.6 cm³/mol. The molecule has 0 spiro atoms. The summed E-state index contributed by atoms with van der Waals surface area (Å²) in [5.41, 5.74) is 0.579. The third kappa shape index (κ3) is 5.91. The van der Waals surface area contributed by atoms with Crippen molar-refractivity contribution in [2.45, 2.75) is 45.0 Å². The van der Waals surface area contributed by atoms with Crippen molar-refractivity contribution >= 4 is 25.0 Å². The highest BCUT2D eigenvalue weighted by Gasteiger charge is 2.37. The first-order chi connectivity index (χ1) is 13.3. The van der Waals surface area contributed by atoms with Gasteiger partial charge in [-0.25, -0.2) is 13.6 Å². The van der Waals surface area contributed by atoms with Gasteiger partial charge in [-0.1, -0.05) is 19.1 Å². The molecule has 0 fully saturated rings. The van der Waals surface area contributed by atoms with Gasteiger partial charge in [0.05, 0.1) is 12.4 Å². The van der Waals surface area contributed by atoms with Crippen molar-refractivity contribution in [3.63, 3.8) is 0 Å². The Morgan fingerprint density at radius 1 is 1.36 bits per heavy atom. The Hall–Kier alpha value is -2.69. The maximum atomic E-state index is 12.2. The maximum absolute atomic E-state index is 12.2. The number of hydrogen-bond donors (Lipinski definition) is 2. The lowest BCUT2D eigenvalue weighted by Crippen LogP contribution is -2.53. The monoisotopic (exact) mass is 399 g/mol. The van der Waals surface area contributed by atoms with E-state index in [2.05, 4.69) is 10.1 Å². The quantitative estimate of drug-likeness (QED) is 0.384. The summed E-state index contributed by atoms with van der Waals surface area (Å²) >= 11 is 0. The number of fused-ring (bicyclic) bond motifs is 1. The number of esters is 2. The second kappa shape index (κ2) is 10.0. The van der Waals surface area contributed by atoms with Crippen molar-refractivity contribution in [2.24, 2.45) is 0 Å². The van der Waals surface area contributed by atoms with E-state index in [0.717, 1.165) is 0 Å². The molecule has 1 unspecified atom stereocenters. The highest BCUT2D eigenvalue weighted by molar-refractivity contribution is 6.47. The lowest BCUT2D eigenvalue weighted by Gasteiger charge is -2.29. The van der Waals surface area contributed by atoms with Crippen LogP contribution in [-0.4, -0.2) is 49.1 Å². The van der Waals surface area contributed by atoms with Gasteiger partial charge >= 0.3 is 19.1 Å². The molecule has 0 saturated heterocycles. The molecule has 0 saturated carbocycles. The normalized spacial score (nSPS) is 15.5. The first-order valence-electron chi connectivity index (χ1n) is 8.68. The van der Waals surface area contributed by atoms with Crippen LogP contribution < -0.4 is 9.97 Å². The van der Waals surface area contributed by atoms with Crippen LogP contribution in [0.4, 0.5) is 8.78 Å². The number of benzene rings is 1. The summed E-state index contributed by atoms with van der Waals surface area (Å²) < 4.78 is 38.8. The standard InChI is InChI=1S/C17H20BF2NO7/c1-2-14(22)21-12-8-10-4-3-5-11(16(10)28-18(12)25)17(24)27-9-26-15(23)7-6-13(19)20/h3-5,12-13,25H,2,6-9H2,1H3,(H,21,22). The van der Waals surface area contributed by atoms with E-state index in [-0.39, 0.29) is 30.1 Å². The molecule has 1 amide bonds. The molecule has 0 aliphatic carbocycles. The van der Waals surface area contributed by atoms with E-state index in [0.29, 0.717) is 5.56 Å². The summed E-state index contributed by atoms with van der Waals surface area (Å²) in [7, 11) is -1.36. The van der Waals surface area contributed by atoms with Crippen LogP contribution in [-0.2, 0) is 25.5 Å². The number of carbonyl (C=O) groups excluding carboxylic acids is 3.